The first-order valence-corrected chi connectivity index (χ1v) is 4.97. The van der Waals surface area contributed by atoms with Crippen molar-refractivity contribution in [3.05, 3.63) is 5.89 Å². The van der Waals surface area contributed by atoms with Gasteiger partial charge < -0.3 is 15.2 Å². The molecule has 0 spiro atoms. The van der Waals surface area contributed by atoms with Crippen LogP contribution in [-0.2, 0) is 5.41 Å². The third-order valence-corrected chi connectivity index (χ3v) is 2.93. The maximum absolute atomic E-state index is 5.68. The van der Waals surface area contributed by atoms with Crippen molar-refractivity contribution >= 4 is 5.95 Å². The summed E-state index contributed by atoms with van der Waals surface area (Å²) in [6, 6.07) is 0. The van der Waals surface area contributed by atoms with Crippen molar-refractivity contribution in [1.29, 1.82) is 0 Å². The van der Waals surface area contributed by atoms with E-state index < -0.39 is 0 Å². The molecule has 1 aromatic rings. The zero-order valence-electron chi connectivity index (χ0n) is 8.66. The number of rotatable bonds is 4. The van der Waals surface area contributed by atoms with Crippen molar-refractivity contribution in [2.75, 3.05) is 25.0 Å². The molecule has 1 saturated carbocycles. The van der Waals surface area contributed by atoms with Crippen molar-refractivity contribution in [1.82, 2.24) is 10.1 Å². The molecule has 1 fully saturated rings. The van der Waals surface area contributed by atoms with Crippen LogP contribution in [-0.4, -0.2) is 30.3 Å². The lowest BCUT2D eigenvalue weighted by Crippen LogP contribution is -2.21. The first-order valence-electron chi connectivity index (χ1n) is 4.97. The van der Waals surface area contributed by atoms with Crippen molar-refractivity contribution in [2.45, 2.75) is 25.2 Å². The summed E-state index contributed by atoms with van der Waals surface area (Å²) in [4.78, 5) is 6.30. The number of hydrogen-bond acceptors (Lipinski definition) is 5. The van der Waals surface area contributed by atoms with Crippen LogP contribution in [0.25, 0.3) is 0 Å². The Morgan fingerprint density at radius 1 is 1.57 bits per heavy atom. The van der Waals surface area contributed by atoms with E-state index in [1.165, 1.54) is 0 Å². The molecule has 78 valence electrons. The zero-order valence-corrected chi connectivity index (χ0v) is 8.66. The maximum Gasteiger partial charge on any atom is 0.265 e. The van der Waals surface area contributed by atoms with Crippen LogP contribution in [0.15, 0.2) is 4.52 Å². The monoisotopic (exact) mass is 196 g/mol. The molecule has 1 aromatic heterocycles. The molecule has 0 atom stereocenters. The molecule has 1 aliphatic rings. The average Bonchev–Trinajstić information content (AvgIpc) is 2.87. The molecule has 0 radical (unpaired) electrons. The fraction of sp³-hybridized carbons (Fsp3) is 0.778. The minimum absolute atomic E-state index is 0.000167. The Labute approximate surface area is 83.3 Å². The molecule has 0 saturated heterocycles. The molecule has 0 amide bonds. The summed E-state index contributed by atoms with van der Waals surface area (Å²) in [5.74, 6) is 1.36. The Morgan fingerprint density at radius 2 is 2.29 bits per heavy atom. The van der Waals surface area contributed by atoms with E-state index in [9.17, 15) is 0 Å². The van der Waals surface area contributed by atoms with E-state index in [1.807, 2.05) is 18.9 Å². The fourth-order valence-electron chi connectivity index (χ4n) is 1.38. The van der Waals surface area contributed by atoms with Crippen molar-refractivity contribution in [3.63, 3.8) is 0 Å². The number of nitrogens with zero attached hydrogens (tertiary/aromatic N) is 3. The van der Waals surface area contributed by atoms with Crippen molar-refractivity contribution in [3.8, 4) is 0 Å². The van der Waals surface area contributed by atoms with Crippen LogP contribution in [0.4, 0.5) is 5.95 Å². The summed E-state index contributed by atoms with van der Waals surface area (Å²) in [6.45, 7) is 3.52. The number of nitrogens with two attached hydrogens (primary N) is 1. The second-order valence-electron chi connectivity index (χ2n) is 3.90. The van der Waals surface area contributed by atoms with E-state index in [0.717, 1.165) is 19.4 Å². The molecule has 2 N–H and O–H groups in total. The predicted molar refractivity (Wildman–Crippen MR) is 53.2 cm³/mol. The van der Waals surface area contributed by atoms with Gasteiger partial charge >= 0.3 is 0 Å². The van der Waals surface area contributed by atoms with Crippen LogP contribution in [0.5, 0.6) is 0 Å². The predicted octanol–water partition coefficient (Wildman–Crippen LogP) is 0.516. The third kappa shape index (κ3) is 1.37. The highest BCUT2D eigenvalue weighted by Crippen LogP contribution is 2.46. The Balaban J connectivity index is 2.18. The summed E-state index contributed by atoms with van der Waals surface area (Å²) in [5.41, 5.74) is 5.68. The third-order valence-electron chi connectivity index (χ3n) is 2.93. The lowest BCUT2D eigenvalue weighted by atomic mass is 10.1. The molecule has 1 aliphatic carbocycles. The van der Waals surface area contributed by atoms with Crippen molar-refractivity contribution < 1.29 is 4.52 Å². The van der Waals surface area contributed by atoms with Gasteiger partial charge in [0.1, 0.15) is 0 Å². The second kappa shape index (κ2) is 3.24. The molecule has 5 heteroatoms. The Kier molecular flexibility index (Phi) is 2.19. The van der Waals surface area contributed by atoms with Gasteiger partial charge in [-0.3, -0.25) is 0 Å². The summed E-state index contributed by atoms with van der Waals surface area (Å²) in [5, 5.41) is 3.93. The minimum atomic E-state index is -0.000167. The van der Waals surface area contributed by atoms with Gasteiger partial charge in [-0.1, -0.05) is 0 Å². The number of hydrogen-bond donors (Lipinski definition) is 1. The summed E-state index contributed by atoms with van der Waals surface area (Å²) < 4.78 is 5.22. The molecule has 2 rings (SSSR count). The summed E-state index contributed by atoms with van der Waals surface area (Å²) >= 11 is 0. The lowest BCUT2D eigenvalue weighted by Gasteiger charge is -2.09. The molecule has 0 aromatic carbocycles. The summed E-state index contributed by atoms with van der Waals surface area (Å²) in [7, 11) is 1.94. The first-order chi connectivity index (χ1) is 6.72. The average molecular weight is 196 g/mol. The Hall–Kier alpha value is -1.10. The molecular weight excluding hydrogens is 180 g/mol. The quantitative estimate of drug-likeness (QED) is 0.760. The van der Waals surface area contributed by atoms with E-state index in [1.54, 1.807) is 0 Å². The van der Waals surface area contributed by atoms with Crippen LogP contribution >= 0.6 is 0 Å². The maximum atomic E-state index is 5.68. The fourth-order valence-corrected chi connectivity index (χ4v) is 1.38. The van der Waals surface area contributed by atoms with Gasteiger partial charge in [0.05, 0.1) is 5.41 Å². The van der Waals surface area contributed by atoms with Gasteiger partial charge in [0, 0.05) is 20.1 Å². The molecular formula is C9H16N4O. The zero-order chi connectivity index (χ0) is 10.2. The van der Waals surface area contributed by atoms with E-state index in [0.29, 0.717) is 18.4 Å². The number of aromatic nitrogens is 2. The van der Waals surface area contributed by atoms with Gasteiger partial charge in [-0.05, 0) is 24.9 Å². The van der Waals surface area contributed by atoms with Gasteiger partial charge in [0.2, 0.25) is 5.89 Å². The minimum Gasteiger partial charge on any atom is -0.342 e. The van der Waals surface area contributed by atoms with Gasteiger partial charge in [0.25, 0.3) is 5.95 Å². The van der Waals surface area contributed by atoms with Crippen LogP contribution in [0.3, 0.4) is 0 Å². The van der Waals surface area contributed by atoms with Gasteiger partial charge in [0.15, 0.2) is 0 Å². The van der Waals surface area contributed by atoms with Gasteiger partial charge in [-0.25, -0.2) is 0 Å². The van der Waals surface area contributed by atoms with Gasteiger partial charge in [-0.2, -0.15) is 4.98 Å². The highest BCUT2D eigenvalue weighted by Gasteiger charge is 2.48. The van der Waals surface area contributed by atoms with E-state index in [2.05, 4.69) is 10.1 Å². The normalized spacial score (nSPS) is 18.2. The van der Waals surface area contributed by atoms with E-state index in [4.69, 9.17) is 10.3 Å². The van der Waals surface area contributed by atoms with E-state index in [-0.39, 0.29) is 5.41 Å². The SMILES string of the molecule is CCN(C)c1noc(C2(CN)CC2)n1. The lowest BCUT2D eigenvalue weighted by molar-refractivity contribution is 0.346. The second-order valence-corrected chi connectivity index (χ2v) is 3.90. The van der Waals surface area contributed by atoms with Gasteiger partial charge in [-0.15, -0.1) is 0 Å². The number of anilines is 1. The first kappa shape index (κ1) is 9.45. The Morgan fingerprint density at radius 3 is 2.79 bits per heavy atom. The topological polar surface area (TPSA) is 68.2 Å². The smallest absolute Gasteiger partial charge is 0.265 e. The summed E-state index contributed by atoms with van der Waals surface area (Å²) in [6.07, 6.45) is 2.14. The molecule has 0 bridgehead atoms. The molecule has 5 nitrogen and oxygen atoms in total. The highest BCUT2D eigenvalue weighted by atomic mass is 16.5. The highest BCUT2D eigenvalue weighted by molar-refractivity contribution is 5.28. The molecule has 0 unspecified atom stereocenters. The van der Waals surface area contributed by atoms with Crippen molar-refractivity contribution in [2.24, 2.45) is 5.73 Å². The van der Waals surface area contributed by atoms with E-state index >= 15 is 0 Å². The van der Waals surface area contributed by atoms with Crippen LogP contribution in [0.2, 0.25) is 0 Å². The largest absolute Gasteiger partial charge is 0.342 e. The molecule has 1 heterocycles. The van der Waals surface area contributed by atoms with Crippen LogP contribution < -0.4 is 10.6 Å². The molecule has 14 heavy (non-hydrogen) atoms. The molecule has 0 aliphatic heterocycles. The van der Waals surface area contributed by atoms with Crippen LogP contribution in [0.1, 0.15) is 25.7 Å². The standard InChI is InChI=1S/C9H16N4O/c1-3-13(2)8-11-7(14-12-8)9(6-10)4-5-9/h3-6,10H2,1-2H3. The van der Waals surface area contributed by atoms with Crippen LogP contribution in [0, 0.1) is 0 Å². The Bertz CT molecular complexity index is 318.